The molecular formula is C16H23N3O3. The van der Waals surface area contributed by atoms with Gasteiger partial charge in [0.15, 0.2) is 6.61 Å². The minimum atomic E-state index is -0.111. The van der Waals surface area contributed by atoms with E-state index in [1.54, 1.807) is 32.3 Å². The molecule has 0 saturated carbocycles. The lowest BCUT2D eigenvalue weighted by Crippen LogP contribution is -2.48. The third-order valence-corrected chi connectivity index (χ3v) is 3.90. The van der Waals surface area contributed by atoms with Crippen molar-refractivity contribution in [3.8, 4) is 5.75 Å². The molecule has 0 spiro atoms. The zero-order chi connectivity index (χ0) is 16.1. The van der Waals surface area contributed by atoms with E-state index in [9.17, 15) is 9.59 Å². The van der Waals surface area contributed by atoms with Gasteiger partial charge in [-0.25, -0.2) is 0 Å². The van der Waals surface area contributed by atoms with Gasteiger partial charge in [-0.1, -0.05) is 13.0 Å². The van der Waals surface area contributed by atoms with Crippen molar-refractivity contribution in [2.75, 3.05) is 39.1 Å². The Kier molecular flexibility index (Phi) is 5.38. The van der Waals surface area contributed by atoms with Crippen LogP contribution in [0.15, 0.2) is 24.3 Å². The lowest BCUT2D eigenvalue weighted by atomic mass is 9.88. The molecule has 2 amide bonds. The van der Waals surface area contributed by atoms with E-state index < -0.39 is 0 Å². The number of nitrogens with zero attached hydrogens (tertiary/aromatic N) is 1. The quantitative estimate of drug-likeness (QED) is 0.821. The van der Waals surface area contributed by atoms with E-state index in [2.05, 4.69) is 10.6 Å². The van der Waals surface area contributed by atoms with Crippen LogP contribution in [0.1, 0.15) is 6.92 Å². The number of carbonyl (C=O) groups is 2. The number of nitrogens with one attached hydrogen (secondary N) is 2. The van der Waals surface area contributed by atoms with E-state index in [0.29, 0.717) is 17.4 Å². The number of hydrogen-bond acceptors (Lipinski definition) is 4. The smallest absolute Gasteiger partial charge is 0.259 e. The van der Waals surface area contributed by atoms with E-state index >= 15 is 0 Å². The van der Waals surface area contributed by atoms with Gasteiger partial charge in [-0.2, -0.15) is 0 Å². The molecule has 6 heteroatoms. The average Bonchev–Trinajstić information content (AvgIpc) is 2.43. The normalized spacial score (nSPS) is 15.6. The monoisotopic (exact) mass is 305 g/mol. The van der Waals surface area contributed by atoms with E-state index in [1.807, 2.05) is 13.0 Å². The molecule has 6 nitrogen and oxygen atoms in total. The number of hydrogen-bond donors (Lipinski definition) is 2. The number of carbonyl (C=O) groups excluding carboxylic acids is 2. The van der Waals surface area contributed by atoms with Gasteiger partial charge in [0, 0.05) is 31.8 Å². The summed E-state index contributed by atoms with van der Waals surface area (Å²) in [4.78, 5) is 25.2. The zero-order valence-corrected chi connectivity index (χ0v) is 13.3. The van der Waals surface area contributed by atoms with Crippen molar-refractivity contribution >= 4 is 17.5 Å². The molecule has 0 aliphatic carbocycles. The van der Waals surface area contributed by atoms with Crippen molar-refractivity contribution in [1.29, 1.82) is 0 Å². The lowest BCUT2D eigenvalue weighted by Gasteiger charge is -2.31. The largest absolute Gasteiger partial charge is 0.484 e. The molecule has 0 bridgehead atoms. The molecule has 1 aliphatic heterocycles. The van der Waals surface area contributed by atoms with Crippen LogP contribution in [0.25, 0.3) is 0 Å². The van der Waals surface area contributed by atoms with Crippen molar-refractivity contribution in [1.82, 2.24) is 10.2 Å². The number of amides is 2. The first-order valence-corrected chi connectivity index (χ1v) is 7.42. The molecule has 1 atom stereocenters. The van der Waals surface area contributed by atoms with Gasteiger partial charge >= 0.3 is 0 Å². The summed E-state index contributed by atoms with van der Waals surface area (Å²) in [6.45, 7) is 3.71. The highest BCUT2D eigenvalue weighted by molar-refractivity contribution is 5.92. The SMILES string of the molecule is CC(C(=O)Nc1cccc(OCC(=O)N(C)C)c1)C1CNC1. The van der Waals surface area contributed by atoms with Crippen molar-refractivity contribution < 1.29 is 14.3 Å². The van der Waals surface area contributed by atoms with Crippen LogP contribution < -0.4 is 15.4 Å². The summed E-state index contributed by atoms with van der Waals surface area (Å²) in [5.41, 5.74) is 0.680. The molecule has 1 unspecified atom stereocenters. The minimum Gasteiger partial charge on any atom is -0.484 e. The molecule has 1 heterocycles. The molecular weight excluding hydrogens is 282 g/mol. The topological polar surface area (TPSA) is 70.7 Å². The fraction of sp³-hybridized carbons (Fsp3) is 0.500. The van der Waals surface area contributed by atoms with Crippen LogP contribution in [0.3, 0.4) is 0 Å². The standard InChI is InChI=1S/C16H23N3O3/c1-11(12-8-17-9-12)16(21)18-13-5-4-6-14(7-13)22-10-15(20)19(2)3/h4-7,11-12,17H,8-10H2,1-3H3,(H,18,21). The first-order valence-electron chi connectivity index (χ1n) is 7.42. The van der Waals surface area contributed by atoms with Crippen molar-refractivity contribution in [3.05, 3.63) is 24.3 Å². The van der Waals surface area contributed by atoms with Crippen molar-refractivity contribution in [2.45, 2.75) is 6.92 Å². The Morgan fingerprint density at radius 1 is 1.41 bits per heavy atom. The van der Waals surface area contributed by atoms with E-state index in [4.69, 9.17) is 4.74 Å². The zero-order valence-electron chi connectivity index (χ0n) is 13.3. The number of benzene rings is 1. The van der Waals surface area contributed by atoms with Gasteiger partial charge in [0.1, 0.15) is 5.75 Å². The maximum absolute atomic E-state index is 12.2. The van der Waals surface area contributed by atoms with Crippen LogP contribution in [0, 0.1) is 11.8 Å². The average molecular weight is 305 g/mol. The predicted molar refractivity (Wildman–Crippen MR) is 84.8 cm³/mol. The van der Waals surface area contributed by atoms with Gasteiger partial charge in [0.25, 0.3) is 5.91 Å². The molecule has 1 aliphatic rings. The highest BCUT2D eigenvalue weighted by atomic mass is 16.5. The fourth-order valence-corrected chi connectivity index (χ4v) is 2.07. The van der Waals surface area contributed by atoms with Crippen molar-refractivity contribution in [2.24, 2.45) is 11.8 Å². The third-order valence-electron chi connectivity index (χ3n) is 3.90. The summed E-state index contributed by atoms with van der Waals surface area (Å²) in [5.74, 6) is 0.831. The van der Waals surface area contributed by atoms with Gasteiger partial charge in [0.2, 0.25) is 5.91 Å². The van der Waals surface area contributed by atoms with E-state index in [-0.39, 0.29) is 24.3 Å². The highest BCUT2D eigenvalue weighted by Crippen LogP contribution is 2.21. The molecule has 0 radical (unpaired) electrons. The van der Waals surface area contributed by atoms with Crippen LogP contribution in [0.5, 0.6) is 5.75 Å². The van der Waals surface area contributed by atoms with Crippen LogP contribution in [-0.4, -0.2) is 50.5 Å². The molecule has 22 heavy (non-hydrogen) atoms. The lowest BCUT2D eigenvalue weighted by molar-refractivity contribution is -0.130. The van der Waals surface area contributed by atoms with E-state index in [0.717, 1.165) is 13.1 Å². The first-order chi connectivity index (χ1) is 10.5. The summed E-state index contributed by atoms with van der Waals surface area (Å²) in [6, 6.07) is 7.09. The molecule has 1 fully saturated rings. The van der Waals surface area contributed by atoms with Gasteiger partial charge < -0.3 is 20.3 Å². The maximum Gasteiger partial charge on any atom is 0.259 e. The van der Waals surface area contributed by atoms with Crippen molar-refractivity contribution in [3.63, 3.8) is 0 Å². The van der Waals surface area contributed by atoms with Gasteiger partial charge in [-0.05, 0) is 31.1 Å². The summed E-state index contributed by atoms with van der Waals surface area (Å²) >= 11 is 0. The maximum atomic E-state index is 12.2. The third kappa shape index (κ3) is 4.21. The number of anilines is 1. The fourth-order valence-electron chi connectivity index (χ4n) is 2.07. The number of ether oxygens (including phenoxy) is 1. The Hall–Kier alpha value is -2.08. The Labute approximate surface area is 130 Å². The molecule has 2 rings (SSSR count). The summed E-state index contributed by atoms with van der Waals surface area (Å²) in [6.07, 6.45) is 0. The first kappa shape index (κ1) is 16.3. The molecule has 2 N–H and O–H groups in total. The van der Waals surface area contributed by atoms with E-state index in [1.165, 1.54) is 4.90 Å². The van der Waals surface area contributed by atoms with Gasteiger partial charge in [0.05, 0.1) is 0 Å². The number of rotatable bonds is 6. The second-order valence-electron chi connectivity index (χ2n) is 5.80. The molecule has 1 aromatic rings. The summed E-state index contributed by atoms with van der Waals surface area (Å²) in [7, 11) is 3.36. The molecule has 1 aromatic carbocycles. The second kappa shape index (κ2) is 7.26. The molecule has 1 saturated heterocycles. The Bertz CT molecular complexity index is 541. The predicted octanol–water partition coefficient (Wildman–Crippen LogP) is 0.948. The van der Waals surface area contributed by atoms with Crippen LogP contribution in [-0.2, 0) is 9.59 Å². The molecule has 120 valence electrons. The van der Waals surface area contributed by atoms with Crippen LogP contribution in [0.2, 0.25) is 0 Å². The number of likely N-dealkylation sites (N-methyl/N-ethyl adjacent to an activating group) is 1. The Morgan fingerprint density at radius 2 is 2.14 bits per heavy atom. The summed E-state index contributed by atoms with van der Waals surface area (Å²) in [5, 5.41) is 6.07. The minimum absolute atomic E-state index is 0.00742. The second-order valence-corrected chi connectivity index (χ2v) is 5.80. The Morgan fingerprint density at radius 3 is 2.73 bits per heavy atom. The molecule has 0 aromatic heterocycles. The summed E-state index contributed by atoms with van der Waals surface area (Å²) < 4.78 is 5.44. The van der Waals surface area contributed by atoms with Gasteiger partial charge in [-0.3, -0.25) is 9.59 Å². The van der Waals surface area contributed by atoms with Crippen LogP contribution in [0.4, 0.5) is 5.69 Å². The Balaban J connectivity index is 1.90. The van der Waals surface area contributed by atoms with Crippen LogP contribution >= 0.6 is 0 Å². The highest BCUT2D eigenvalue weighted by Gasteiger charge is 2.28. The van der Waals surface area contributed by atoms with Gasteiger partial charge in [-0.15, -0.1) is 0 Å².